The summed E-state index contributed by atoms with van der Waals surface area (Å²) in [7, 11) is -3.88. The first kappa shape index (κ1) is 24.5. The summed E-state index contributed by atoms with van der Waals surface area (Å²) in [6, 6.07) is 4.08. The number of carbonyl (C=O) groups excluding carboxylic acids is 3. The van der Waals surface area contributed by atoms with Crippen LogP contribution in [0.15, 0.2) is 23.1 Å². The van der Waals surface area contributed by atoms with Crippen LogP contribution in [0.2, 0.25) is 0 Å². The van der Waals surface area contributed by atoms with Crippen LogP contribution in [0.5, 0.6) is 0 Å². The van der Waals surface area contributed by atoms with Gasteiger partial charge in [-0.25, -0.2) is 13.2 Å². The average molecular weight is 493 g/mol. The van der Waals surface area contributed by atoms with E-state index in [1.165, 1.54) is 17.3 Å². The highest BCUT2D eigenvalue weighted by atomic mass is 32.2. The van der Waals surface area contributed by atoms with Crippen molar-refractivity contribution in [2.75, 3.05) is 44.2 Å². The van der Waals surface area contributed by atoms with Gasteiger partial charge in [-0.15, -0.1) is 0 Å². The normalized spacial score (nSPS) is 23.2. The molecule has 10 nitrogen and oxygen atoms in total. The number of ether oxygens (including phenoxy) is 1. The zero-order chi connectivity index (χ0) is 24.6. The Morgan fingerprint density at radius 3 is 2.38 bits per heavy atom. The maximum Gasteiger partial charge on any atom is 0.409 e. The fourth-order valence-corrected chi connectivity index (χ4v) is 6.89. The highest BCUT2D eigenvalue weighted by Gasteiger charge is 2.42. The van der Waals surface area contributed by atoms with Gasteiger partial charge in [-0.1, -0.05) is 0 Å². The summed E-state index contributed by atoms with van der Waals surface area (Å²) >= 11 is 0. The number of hydrogen-bond donors (Lipinski definition) is 0. The van der Waals surface area contributed by atoms with Crippen LogP contribution in [0.1, 0.15) is 39.2 Å². The molecule has 0 saturated carbocycles. The van der Waals surface area contributed by atoms with Gasteiger partial charge < -0.3 is 19.4 Å². The number of nitrogens with zero attached hydrogens (tertiary/aromatic N) is 4. The number of fused-ring (bicyclic) bond motifs is 1. The standard InChI is InChI=1S/C23H32N4O6S/c1-4-33-23(30)25-12-10-24(11-13-25)22(29)21-6-5-9-26(21)34(31,32)19-7-8-20-18(15-19)14-16(2)27(20)17(3)28/h7-8,15-16,21H,4-6,9-14H2,1-3H3. The smallest absolute Gasteiger partial charge is 0.409 e. The highest BCUT2D eigenvalue weighted by molar-refractivity contribution is 7.89. The third-order valence-corrected chi connectivity index (χ3v) is 8.72. The van der Waals surface area contributed by atoms with Crippen molar-refractivity contribution in [1.82, 2.24) is 14.1 Å². The van der Waals surface area contributed by atoms with Crippen LogP contribution < -0.4 is 4.90 Å². The van der Waals surface area contributed by atoms with Crippen molar-refractivity contribution in [1.29, 1.82) is 0 Å². The van der Waals surface area contributed by atoms with E-state index < -0.39 is 22.2 Å². The number of carbonyl (C=O) groups is 3. The molecule has 1 aromatic rings. The molecule has 3 aliphatic rings. The Morgan fingerprint density at radius 1 is 1.06 bits per heavy atom. The monoisotopic (exact) mass is 492 g/mol. The van der Waals surface area contributed by atoms with Gasteiger partial charge in [-0.2, -0.15) is 4.31 Å². The fourth-order valence-electron chi connectivity index (χ4n) is 5.19. The van der Waals surface area contributed by atoms with E-state index in [1.54, 1.807) is 33.8 Å². The first-order chi connectivity index (χ1) is 16.1. The molecule has 0 radical (unpaired) electrons. The second kappa shape index (κ2) is 9.53. The van der Waals surface area contributed by atoms with Crippen molar-refractivity contribution in [2.45, 2.75) is 57.0 Å². The number of anilines is 1. The van der Waals surface area contributed by atoms with Crippen LogP contribution in [0, 0.1) is 0 Å². The molecule has 4 rings (SSSR count). The minimum atomic E-state index is -3.88. The van der Waals surface area contributed by atoms with Crippen molar-refractivity contribution in [3.63, 3.8) is 0 Å². The molecule has 186 valence electrons. The Labute approximate surface area is 200 Å². The van der Waals surface area contributed by atoms with Crippen molar-refractivity contribution in [3.05, 3.63) is 23.8 Å². The maximum absolute atomic E-state index is 13.5. The molecular weight excluding hydrogens is 460 g/mol. The average Bonchev–Trinajstić information content (AvgIpc) is 3.42. The molecule has 0 aliphatic carbocycles. The Hall–Kier alpha value is -2.66. The Balaban J connectivity index is 1.49. The molecular formula is C23H32N4O6S. The molecule has 0 spiro atoms. The predicted molar refractivity (Wildman–Crippen MR) is 125 cm³/mol. The van der Waals surface area contributed by atoms with Crippen LogP contribution >= 0.6 is 0 Å². The van der Waals surface area contributed by atoms with Gasteiger partial charge in [0.25, 0.3) is 0 Å². The molecule has 2 unspecified atom stereocenters. The maximum atomic E-state index is 13.5. The van der Waals surface area contributed by atoms with E-state index in [0.29, 0.717) is 52.0 Å². The topological polar surface area (TPSA) is 108 Å². The van der Waals surface area contributed by atoms with Gasteiger partial charge in [0.15, 0.2) is 0 Å². The predicted octanol–water partition coefficient (Wildman–Crippen LogP) is 1.44. The van der Waals surface area contributed by atoms with Gasteiger partial charge in [0, 0.05) is 51.4 Å². The summed E-state index contributed by atoms with van der Waals surface area (Å²) in [4.78, 5) is 42.2. The van der Waals surface area contributed by atoms with Crippen LogP contribution in [0.4, 0.5) is 10.5 Å². The molecule has 0 bridgehead atoms. The second-order valence-corrected chi connectivity index (χ2v) is 10.9. The lowest BCUT2D eigenvalue weighted by atomic mass is 10.1. The molecule has 1 aromatic carbocycles. The lowest BCUT2D eigenvalue weighted by Crippen LogP contribution is -2.55. The second-order valence-electron chi connectivity index (χ2n) is 9.02. The van der Waals surface area contributed by atoms with Gasteiger partial charge >= 0.3 is 6.09 Å². The van der Waals surface area contributed by atoms with Crippen molar-refractivity contribution in [3.8, 4) is 0 Å². The highest BCUT2D eigenvalue weighted by Crippen LogP contribution is 2.36. The van der Waals surface area contributed by atoms with Crippen molar-refractivity contribution < 1.29 is 27.5 Å². The van der Waals surface area contributed by atoms with Crippen LogP contribution in [0.25, 0.3) is 0 Å². The number of rotatable bonds is 4. The first-order valence-corrected chi connectivity index (χ1v) is 13.2. The Morgan fingerprint density at radius 2 is 1.74 bits per heavy atom. The Kier molecular flexibility index (Phi) is 6.86. The summed E-state index contributed by atoms with van der Waals surface area (Å²) in [6.45, 7) is 7.18. The van der Waals surface area contributed by atoms with Crippen LogP contribution in [-0.2, 0) is 30.8 Å². The molecule has 11 heteroatoms. The van der Waals surface area contributed by atoms with E-state index in [0.717, 1.165) is 11.3 Å². The number of piperazine rings is 1. The lowest BCUT2D eigenvalue weighted by molar-refractivity contribution is -0.136. The Bertz CT molecular complexity index is 1080. The third kappa shape index (κ3) is 4.38. The summed E-state index contributed by atoms with van der Waals surface area (Å²) in [5, 5.41) is 0. The molecule has 2 saturated heterocycles. The molecule has 2 atom stereocenters. The number of benzene rings is 1. The van der Waals surface area contributed by atoms with E-state index in [-0.39, 0.29) is 29.3 Å². The quantitative estimate of drug-likeness (QED) is 0.630. The SMILES string of the molecule is CCOC(=O)N1CCN(C(=O)C2CCCN2S(=O)(=O)c2ccc3c(c2)CC(C)N3C(C)=O)CC1. The summed E-state index contributed by atoms with van der Waals surface area (Å²) in [6.07, 6.45) is 1.27. The molecule has 3 heterocycles. The van der Waals surface area contributed by atoms with E-state index in [1.807, 2.05) is 6.92 Å². The number of hydrogen-bond acceptors (Lipinski definition) is 6. The number of amides is 3. The van der Waals surface area contributed by atoms with Crippen LogP contribution in [0.3, 0.4) is 0 Å². The van der Waals surface area contributed by atoms with E-state index in [4.69, 9.17) is 4.74 Å². The first-order valence-electron chi connectivity index (χ1n) is 11.8. The summed E-state index contributed by atoms with van der Waals surface area (Å²) in [5.74, 6) is -0.294. The molecule has 3 amide bonds. The van der Waals surface area contributed by atoms with E-state index in [9.17, 15) is 22.8 Å². The zero-order valence-electron chi connectivity index (χ0n) is 19.9. The number of sulfonamides is 1. The third-order valence-electron chi connectivity index (χ3n) is 6.82. The van der Waals surface area contributed by atoms with E-state index >= 15 is 0 Å². The van der Waals surface area contributed by atoms with Gasteiger partial charge in [0.1, 0.15) is 6.04 Å². The minimum Gasteiger partial charge on any atom is -0.450 e. The lowest BCUT2D eigenvalue weighted by Gasteiger charge is -2.36. The molecule has 2 fully saturated rings. The van der Waals surface area contributed by atoms with Crippen molar-refractivity contribution >= 4 is 33.6 Å². The van der Waals surface area contributed by atoms with Crippen LogP contribution in [-0.4, -0.2) is 91.8 Å². The van der Waals surface area contributed by atoms with Gasteiger partial charge in [0.2, 0.25) is 21.8 Å². The summed E-state index contributed by atoms with van der Waals surface area (Å²) in [5.41, 5.74) is 1.56. The largest absolute Gasteiger partial charge is 0.450 e. The van der Waals surface area contributed by atoms with Gasteiger partial charge in [-0.05, 0) is 56.9 Å². The molecule has 3 aliphatic heterocycles. The molecule has 0 aromatic heterocycles. The molecule has 0 N–H and O–H groups in total. The van der Waals surface area contributed by atoms with Gasteiger partial charge in [0.05, 0.1) is 11.5 Å². The minimum absolute atomic E-state index is 0.0279. The van der Waals surface area contributed by atoms with E-state index in [2.05, 4.69) is 0 Å². The zero-order valence-corrected chi connectivity index (χ0v) is 20.7. The fraction of sp³-hybridized carbons (Fsp3) is 0.609. The van der Waals surface area contributed by atoms with Crippen molar-refractivity contribution in [2.24, 2.45) is 0 Å². The molecule has 34 heavy (non-hydrogen) atoms. The van der Waals surface area contributed by atoms with Gasteiger partial charge in [-0.3, -0.25) is 9.59 Å². The summed E-state index contributed by atoms with van der Waals surface area (Å²) < 4.78 is 33.4.